The quantitative estimate of drug-likeness (QED) is 0.691. The van der Waals surface area contributed by atoms with E-state index in [9.17, 15) is 4.79 Å². The zero-order valence-corrected chi connectivity index (χ0v) is 13.9. The predicted molar refractivity (Wildman–Crippen MR) is 95.8 cm³/mol. The second kappa shape index (κ2) is 6.18. The van der Waals surface area contributed by atoms with E-state index in [0.717, 1.165) is 24.1 Å². The number of benzene rings is 2. The third-order valence-electron chi connectivity index (χ3n) is 4.22. The lowest BCUT2D eigenvalue weighted by Gasteiger charge is -2.04. The number of halogens is 1. The van der Waals surface area contributed by atoms with Gasteiger partial charge in [-0.2, -0.15) is 5.10 Å². The van der Waals surface area contributed by atoms with Crippen molar-refractivity contribution in [2.24, 2.45) is 5.10 Å². The molecule has 4 rings (SSSR count). The van der Waals surface area contributed by atoms with Gasteiger partial charge in [-0.25, -0.2) is 5.43 Å². The fourth-order valence-electron chi connectivity index (χ4n) is 2.98. The highest BCUT2D eigenvalue weighted by Crippen LogP contribution is 2.22. The number of nitrogens with zero attached hydrogens (tertiary/aromatic N) is 1. The number of hydrogen-bond donors (Lipinski definition) is 2. The Labute approximate surface area is 148 Å². The molecular weight excluding hydrogens is 338 g/mol. The van der Waals surface area contributed by atoms with Crippen LogP contribution < -0.4 is 11.0 Å². The molecule has 3 aromatic rings. The first-order chi connectivity index (χ1) is 12.1. The highest BCUT2D eigenvalue weighted by molar-refractivity contribution is 6.31. The Kier molecular flexibility index (Phi) is 3.86. The van der Waals surface area contributed by atoms with E-state index in [1.165, 1.54) is 5.56 Å². The molecule has 1 aliphatic carbocycles. The molecule has 0 fully saturated rings. The van der Waals surface area contributed by atoms with Crippen LogP contribution in [-0.2, 0) is 6.42 Å². The summed E-state index contributed by atoms with van der Waals surface area (Å²) in [4.78, 5) is 12.4. The van der Waals surface area contributed by atoms with Crippen LogP contribution in [0.4, 0.5) is 0 Å². The minimum Gasteiger partial charge on any atom is -0.438 e. The SMILES string of the molecule is N=c1oc2ccc(Cl)cc2cc1C(=O)N/N=C1/CCc2ccccc21. The average molecular weight is 352 g/mol. The Hall–Kier alpha value is -2.92. The van der Waals surface area contributed by atoms with E-state index < -0.39 is 5.91 Å². The molecule has 0 aliphatic heterocycles. The maximum Gasteiger partial charge on any atom is 0.276 e. The molecule has 0 radical (unpaired) electrons. The number of hydrazone groups is 1. The Balaban J connectivity index is 1.64. The molecule has 2 aromatic carbocycles. The monoisotopic (exact) mass is 351 g/mol. The van der Waals surface area contributed by atoms with Crippen molar-refractivity contribution in [2.75, 3.05) is 0 Å². The van der Waals surface area contributed by atoms with Gasteiger partial charge in [0, 0.05) is 16.0 Å². The first-order valence-corrected chi connectivity index (χ1v) is 8.23. The molecule has 1 aromatic heterocycles. The maximum atomic E-state index is 12.4. The molecule has 0 spiro atoms. The van der Waals surface area contributed by atoms with Crippen LogP contribution in [0.1, 0.15) is 27.9 Å². The fourth-order valence-corrected chi connectivity index (χ4v) is 3.16. The van der Waals surface area contributed by atoms with Crippen molar-refractivity contribution in [1.82, 2.24) is 5.43 Å². The van der Waals surface area contributed by atoms with Gasteiger partial charge in [0.1, 0.15) is 11.1 Å². The molecular formula is C19H14ClN3O2. The second-order valence-electron chi connectivity index (χ2n) is 5.83. The number of rotatable bonds is 2. The van der Waals surface area contributed by atoms with E-state index in [1.54, 1.807) is 24.3 Å². The summed E-state index contributed by atoms with van der Waals surface area (Å²) >= 11 is 5.97. The van der Waals surface area contributed by atoms with Crippen molar-refractivity contribution in [3.05, 3.63) is 75.8 Å². The maximum absolute atomic E-state index is 12.4. The van der Waals surface area contributed by atoms with Crippen molar-refractivity contribution >= 4 is 34.2 Å². The van der Waals surface area contributed by atoms with E-state index in [1.807, 2.05) is 18.2 Å². The van der Waals surface area contributed by atoms with Gasteiger partial charge in [-0.05, 0) is 42.7 Å². The Morgan fingerprint density at radius 1 is 1.16 bits per heavy atom. The Morgan fingerprint density at radius 3 is 2.88 bits per heavy atom. The first kappa shape index (κ1) is 15.6. The molecule has 0 unspecified atom stereocenters. The van der Waals surface area contributed by atoms with Gasteiger partial charge in [0.15, 0.2) is 0 Å². The minimum atomic E-state index is -0.479. The van der Waals surface area contributed by atoms with E-state index in [2.05, 4.69) is 16.6 Å². The fraction of sp³-hybridized carbons (Fsp3) is 0.105. The van der Waals surface area contributed by atoms with E-state index >= 15 is 0 Å². The van der Waals surface area contributed by atoms with Crippen LogP contribution in [0, 0.1) is 5.41 Å². The molecule has 0 bridgehead atoms. The minimum absolute atomic E-state index is 0.116. The van der Waals surface area contributed by atoms with Gasteiger partial charge in [0.05, 0.1) is 5.71 Å². The molecule has 1 heterocycles. The van der Waals surface area contributed by atoms with Crippen LogP contribution in [-0.4, -0.2) is 11.6 Å². The van der Waals surface area contributed by atoms with Gasteiger partial charge in [0.2, 0.25) is 5.55 Å². The van der Waals surface area contributed by atoms with Crippen LogP contribution >= 0.6 is 11.6 Å². The summed E-state index contributed by atoms with van der Waals surface area (Å²) in [5.74, 6) is -0.479. The lowest BCUT2D eigenvalue weighted by atomic mass is 10.1. The van der Waals surface area contributed by atoms with Crippen LogP contribution in [0.2, 0.25) is 5.02 Å². The molecule has 0 atom stereocenters. The van der Waals surface area contributed by atoms with Gasteiger partial charge < -0.3 is 4.42 Å². The topological polar surface area (TPSA) is 78.5 Å². The summed E-state index contributed by atoms with van der Waals surface area (Å²) in [6, 6.07) is 14.6. The van der Waals surface area contributed by atoms with Gasteiger partial charge >= 0.3 is 0 Å². The van der Waals surface area contributed by atoms with Crippen molar-refractivity contribution in [3.8, 4) is 0 Å². The van der Waals surface area contributed by atoms with Crippen molar-refractivity contribution in [2.45, 2.75) is 12.8 Å². The summed E-state index contributed by atoms with van der Waals surface area (Å²) in [5, 5.41) is 13.4. The van der Waals surface area contributed by atoms with Crippen molar-refractivity contribution in [3.63, 3.8) is 0 Å². The zero-order chi connectivity index (χ0) is 17.4. The third kappa shape index (κ3) is 2.94. The lowest BCUT2D eigenvalue weighted by molar-refractivity contribution is 0.0950. The second-order valence-corrected chi connectivity index (χ2v) is 6.26. The molecule has 1 amide bonds. The number of carbonyl (C=O) groups excluding carboxylic acids is 1. The molecule has 2 N–H and O–H groups in total. The summed E-state index contributed by atoms with van der Waals surface area (Å²) in [7, 11) is 0. The van der Waals surface area contributed by atoms with Crippen LogP contribution in [0.25, 0.3) is 11.0 Å². The summed E-state index contributed by atoms with van der Waals surface area (Å²) in [5.41, 5.74) is 6.08. The van der Waals surface area contributed by atoms with Crippen LogP contribution in [0.3, 0.4) is 0 Å². The van der Waals surface area contributed by atoms with Crippen LogP contribution in [0.5, 0.6) is 0 Å². The zero-order valence-electron chi connectivity index (χ0n) is 13.2. The molecule has 5 nitrogen and oxygen atoms in total. The molecule has 1 aliphatic rings. The van der Waals surface area contributed by atoms with Crippen LogP contribution in [0.15, 0.2) is 58.0 Å². The Bertz CT molecular complexity index is 1090. The van der Waals surface area contributed by atoms with Gasteiger partial charge in [0.25, 0.3) is 5.91 Å². The Morgan fingerprint density at radius 2 is 2.00 bits per heavy atom. The number of amides is 1. The van der Waals surface area contributed by atoms with E-state index in [0.29, 0.717) is 16.0 Å². The van der Waals surface area contributed by atoms with Gasteiger partial charge in [-0.3, -0.25) is 10.2 Å². The predicted octanol–water partition coefficient (Wildman–Crippen LogP) is 3.65. The number of aryl methyl sites for hydroxylation is 1. The molecule has 0 saturated carbocycles. The highest BCUT2D eigenvalue weighted by Gasteiger charge is 2.18. The van der Waals surface area contributed by atoms with E-state index in [-0.39, 0.29) is 11.1 Å². The highest BCUT2D eigenvalue weighted by atomic mass is 35.5. The summed E-state index contributed by atoms with van der Waals surface area (Å²) in [6.45, 7) is 0. The largest absolute Gasteiger partial charge is 0.438 e. The van der Waals surface area contributed by atoms with Crippen molar-refractivity contribution in [1.29, 1.82) is 5.41 Å². The number of hydrogen-bond acceptors (Lipinski definition) is 4. The molecule has 124 valence electrons. The standard InChI is InChI=1S/C19H14ClN3O2/c20-13-6-8-17-12(9-13)10-15(18(21)25-17)19(24)23-22-16-7-5-11-3-1-2-4-14(11)16/h1-4,6,8-10,21H,5,7H2,(H,23,24)/b21-18?,22-16-. The van der Waals surface area contributed by atoms with Crippen molar-refractivity contribution < 1.29 is 9.21 Å². The average Bonchev–Trinajstić information content (AvgIpc) is 3.02. The third-order valence-corrected chi connectivity index (χ3v) is 4.46. The smallest absolute Gasteiger partial charge is 0.276 e. The lowest BCUT2D eigenvalue weighted by Crippen LogP contribution is -2.25. The number of fused-ring (bicyclic) bond motifs is 2. The first-order valence-electron chi connectivity index (χ1n) is 7.85. The van der Waals surface area contributed by atoms with Gasteiger partial charge in [-0.15, -0.1) is 0 Å². The normalized spacial score (nSPS) is 14.7. The molecule has 25 heavy (non-hydrogen) atoms. The summed E-state index contributed by atoms with van der Waals surface area (Å²) in [6.07, 6.45) is 1.70. The molecule has 6 heteroatoms. The summed E-state index contributed by atoms with van der Waals surface area (Å²) < 4.78 is 5.40. The number of nitrogens with one attached hydrogen (secondary N) is 2. The number of carbonyl (C=O) groups is 1. The van der Waals surface area contributed by atoms with E-state index in [4.69, 9.17) is 21.4 Å². The van der Waals surface area contributed by atoms with Gasteiger partial charge in [-0.1, -0.05) is 35.9 Å². The molecule has 0 saturated heterocycles.